The van der Waals surface area contributed by atoms with E-state index in [0.29, 0.717) is 0 Å². The number of aromatic carboxylic acids is 1. The van der Waals surface area contributed by atoms with Gasteiger partial charge in [-0.05, 0) is 12.1 Å². The SMILES string of the molecule is NNS(=O)(=O)c1ccc(Cl)c(C(=O)O)c1Cl. The number of benzene rings is 1. The molecule has 0 unspecified atom stereocenters. The summed E-state index contributed by atoms with van der Waals surface area (Å²) in [4.78, 5) is 11.9. The molecule has 0 aliphatic carbocycles. The number of hydrogen-bond acceptors (Lipinski definition) is 4. The Morgan fingerprint density at radius 2 is 1.94 bits per heavy atom. The number of halogens is 2. The molecule has 0 heterocycles. The molecule has 88 valence electrons. The molecular formula is C7H6Cl2N2O4S. The number of carboxylic acids is 1. The summed E-state index contributed by atoms with van der Waals surface area (Å²) in [6, 6.07) is 2.17. The third-order valence-corrected chi connectivity index (χ3v) is 3.76. The maximum absolute atomic E-state index is 11.4. The molecule has 0 saturated heterocycles. The molecule has 9 heteroatoms. The Morgan fingerprint density at radius 1 is 1.38 bits per heavy atom. The van der Waals surface area contributed by atoms with Crippen LogP contribution in [0.2, 0.25) is 10.0 Å². The Balaban J connectivity index is 3.59. The molecule has 1 aromatic rings. The Kier molecular flexibility index (Phi) is 3.76. The van der Waals surface area contributed by atoms with Gasteiger partial charge in [0.2, 0.25) is 0 Å². The first-order valence-corrected chi connectivity index (χ1v) is 5.99. The molecule has 1 aromatic carbocycles. The number of nitrogens with one attached hydrogen (secondary N) is 1. The highest BCUT2D eigenvalue weighted by Gasteiger charge is 2.23. The van der Waals surface area contributed by atoms with Crippen LogP contribution in [0.3, 0.4) is 0 Å². The van der Waals surface area contributed by atoms with Gasteiger partial charge < -0.3 is 5.11 Å². The van der Waals surface area contributed by atoms with Crippen LogP contribution in [-0.2, 0) is 10.0 Å². The zero-order valence-corrected chi connectivity index (χ0v) is 9.90. The molecule has 1 rings (SSSR count). The lowest BCUT2D eigenvalue weighted by Gasteiger charge is -2.08. The number of carboxylic acid groups (broad SMARTS) is 1. The topological polar surface area (TPSA) is 109 Å². The molecule has 0 saturated carbocycles. The average molecular weight is 285 g/mol. The zero-order valence-electron chi connectivity index (χ0n) is 7.57. The lowest BCUT2D eigenvalue weighted by molar-refractivity contribution is 0.0697. The standard InChI is InChI=1S/C7H6Cl2N2O4S/c8-3-1-2-4(16(14,15)11-10)6(9)5(3)7(12)13/h1-2,11H,10H2,(H,12,13). The van der Waals surface area contributed by atoms with Gasteiger partial charge in [0, 0.05) is 0 Å². The van der Waals surface area contributed by atoms with Crippen molar-refractivity contribution in [2.75, 3.05) is 0 Å². The smallest absolute Gasteiger partial charge is 0.338 e. The van der Waals surface area contributed by atoms with E-state index in [1.807, 2.05) is 0 Å². The van der Waals surface area contributed by atoms with E-state index >= 15 is 0 Å². The van der Waals surface area contributed by atoms with Gasteiger partial charge in [-0.15, -0.1) is 0 Å². The summed E-state index contributed by atoms with van der Waals surface area (Å²) in [5.41, 5.74) is -0.486. The van der Waals surface area contributed by atoms with Crippen LogP contribution in [0.5, 0.6) is 0 Å². The first-order valence-electron chi connectivity index (χ1n) is 3.75. The summed E-state index contributed by atoms with van der Waals surface area (Å²) in [6.07, 6.45) is 0. The molecule has 0 atom stereocenters. The monoisotopic (exact) mass is 284 g/mol. The number of rotatable bonds is 3. The van der Waals surface area contributed by atoms with Gasteiger partial charge in [0.15, 0.2) is 0 Å². The van der Waals surface area contributed by atoms with Gasteiger partial charge >= 0.3 is 5.97 Å². The molecule has 0 radical (unpaired) electrons. The minimum absolute atomic E-state index is 0.159. The Morgan fingerprint density at radius 3 is 2.38 bits per heavy atom. The van der Waals surface area contributed by atoms with E-state index in [9.17, 15) is 13.2 Å². The second-order valence-corrected chi connectivity index (χ2v) is 5.13. The fraction of sp³-hybridized carbons (Fsp3) is 0. The van der Waals surface area contributed by atoms with E-state index in [1.54, 1.807) is 0 Å². The van der Waals surface area contributed by atoms with Crippen molar-refractivity contribution in [3.63, 3.8) is 0 Å². The van der Waals surface area contributed by atoms with Crippen molar-refractivity contribution < 1.29 is 18.3 Å². The Labute approximate surface area is 101 Å². The van der Waals surface area contributed by atoms with Crippen molar-refractivity contribution in [2.45, 2.75) is 4.90 Å². The van der Waals surface area contributed by atoms with Crippen LogP contribution in [0.15, 0.2) is 17.0 Å². The summed E-state index contributed by atoms with van der Waals surface area (Å²) in [5, 5.41) is 8.15. The van der Waals surface area contributed by atoms with Gasteiger partial charge in [0.1, 0.15) is 4.90 Å². The second kappa shape index (κ2) is 4.56. The van der Waals surface area contributed by atoms with Crippen LogP contribution in [-0.4, -0.2) is 19.5 Å². The predicted octanol–water partition coefficient (Wildman–Crippen LogP) is 0.844. The van der Waals surface area contributed by atoms with Crippen molar-refractivity contribution in [3.8, 4) is 0 Å². The lowest BCUT2D eigenvalue weighted by Crippen LogP contribution is -2.30. The molecule has 0 aromatic heterocycles. The Bertz CT molecular complexity index is 544. The zero-order chi connectivity index (χ0) is 12.5. The molecule has 0 spiro atoms. The number of carbonyl (C=O) groups is 1. The minimum atomic E-state index is -4.03. The predicted molar refractivity (Wildman–Crippen MR) is 57.9 cm³/mol. The normalized spacial score (nSPS) is 11.4. The highest BCUT2D eigenvalue weighted by molar-refractivity contribution is 7.89. The number of hydrogen-bond donors (Lipinski definition) is 3. The van der Waals surface area contributed by atoms with Crippen LogP contribution >= 0.6 is 23.2 Å². The van der Waals surface area contributed by atoms with E-state index in [-0.39, 0.29) is 5.02 Å². The average Bonchev–Trinajstić information content (AvgIpc) is 2.16. The van der Waals surface area contributed by atoms with Crippen LogP contribution < -0.4 is 10.7 Å². The fourth-order valence-electron chi connectivity index (χ4n) is 1.00. The second-order valence-electron chi connectivity index (χ2n) is 2.66. The van der Waals surface area contributed by atoms with Gasteiger partial charge in [-0.25, -0.2) is 13.2 Å². The van der Waals surface area contributed by atoms with Crippen LogP contribution in [0.4, 0.5) is 0 Å². The fourth-order valence-corrected chi connectivity index (χ4v) is 2.55. The third kappa shape index (κ3) is 2.28. The van der Waals surface area contributed by atoms with Gasteiger partial charge in [-0.3, -0.25) is 5.84 Å². The van der Waals surface area contributed by atoms with E-state index in [4.69, 9.17) is 34.2 Å². The maximum Gasteiger partial charge on any atom is 0.338 e. The van der Waals surface area contributed by atoms with Crippen molar-refractivity contribution in [1.82, 2.24) is 4.83 Å². The summed E-state index contributed by atoms with van der Waals surface area (Å²) in [6.45, 7) is 0. The number of nitrogens with two attached hydrogens (primary N) is 1. The minimum Gasteiger partial charge on any atom is -0.478 e. The van der Waals surface area contributed by atoms with Crippen LogP contribution in [0.25, 0.3) is 0 Å². The van der Waals surface area contributed by atoms with E-state index in [1.165, 1.54) is 4.83 Å². The number of hydrazine groups is 1. The van der Waals surface area contributed by atoms with Crippen molar-refractivity contribution in [2.24, 2.45) is 5.84 Å². The first kappa shape index (κ1) is 13.2. The van der Waals surface area contributed by atoms with Crippen molar-refractivity contribution in [3.05, 3.63) is 27.7 Å². The molecular weight excluding hydrogens is 279 g/mol. The third-order valence-electron chi connectivity index (χ3n) is 1.71. The van der Waals surface area contributed by atoms with Crippen molar-refractivity contribution >= 4 is 39.2 Å². The quantitative estimate of drug-likeness (QED) is 0.563. The van der Waals surface area contributed by atoms with Crippen LogP contribution in [0.1, 0.15) is 10.4 Å². The molecule has 6 nitrogen and oxygen atoms in total. The molecule has 0 bridgehead atoms. The maximum atomic E-state index is 11.4. The Hall–Kier alpha value is -0.860. The van der Waals surface area contributed by atoms with E-state index < -0.39 is 31.5 Å². The molecule has 0 aliphatic heterocycles. The molecule has 0 fully saturated rings. The van der Waals surface area contributed by atoms with Gasteiger partial charge in [-0.2, -0.15) is 4.83 Å². The number of sulfonamides is 1. The van der Waals surface area contributed by atoms with Gasteiger partial charge in [0.25, 0.3) is 10.0 Å². The van der Waals surface area contributed by atoms with Crippen LogP contribution in [0, 0.1) is 0 Å². The highest BCUT2D eigenvalue weighted by atomic mass is 35.5. The summed E-state index contributed by atoms with van der Waals surface area (Å²) >= 11 is 11.2. The summed E-state index contributed by atoms with van der Waals surface area (Å²) < 4.78 is 22.7. The molecule has 0 aliphatic rings. The van der Waals surface area contributed by atoms with E-state index in [2.05, 4.69) is 0 Å². The molecule has 16 heavy (non-hydrogen) atoms. The molecule has 4 N–H and O–H groups in total. The first-order chi connectivity index (χ1) is 7.31. The molecule has 0 amide bonds. The summed E-state index contributed by atoms with van der Waals surface area (Å²) in [7, 11) is -4.03. The summed E-state index contributed by atoms with van der Waals surface area (Å²) in [5.74, 6) is 3.37. The van der Waals surface area contributed by atoms with Crippen molar-refractivity contribution in [1.29, 1.82) is 0 Å². The highest BCUT2D eigenvalue weighted by Crippen LogP contribution is 2.30. The lowest BCUT2D eigenvalue weighted by atomic mass is 10.2. The van der Waals surface area contributed by atoms with E-state index in [0.717, 1.165) is 12.1 Å². The van der Waals surface area contributed by atoms with Gasteiger partial charge in [-0.1, -0.05) is 23.2 Å². The van der Waals surface area contributed by atoms with Gasteiger partial charge in [0.05, 0.1) is 15.6 Å². The largest absolute Gasteiger partial charge is 0.478 e.